The first kappa shape index (κ1) is 21.9. The van der Waals surface area contributed by atoms with Crippen LogP contribution in [0.1, 0.15) is 19.4 Å². The molecule has 1 saturated carbocycles. The van der Waals surface area contributed by atoms with Crippen molar-refractivity contribution >= 4 is 15.8 Å². The Morgan fingerprint density at radius 2 is 1.52 bits per heavy atom. The molecule has 1 unspecified atom stereocenters. The molecule has 4 atom stereocenters. The molecule has 1 aliphatic heterocycles. The lowest BCUT2D eigenvalue weighted by Gasteiger charge is -2.22. The van der Waals surface area contributed by atoms with Crippen molar-refractivity contribution in [1.29, 1.82) is 0 Å². The van der Waals surface area contributed by atoms with Gasteiger partial charge in [-0.1, -0.05) is 31.2 Å². The van der Waals surface area contributed by atoms with E-state index < -0.39 is 9.84 Å². The number of nitrogens with zero attached hydrogens (tertiary/aromatic N) is 3. The fraction of sp³-hybridized carbons (Fsp3) is 0.385. The maximum atomic E-state index is 11.6. The number of aryl methyl sites for hydroxylation is 1. The summed E-state index contributed by atoms with van der Waals surface area (Å²) in [6.45, 7) is 6.27. The standard InChI is InChI=1S/C26H29N3O3S/c1-4-18-13-27-26(28-14-18)29-15-23-24(16-29)25(23)17(2)32-21-9-5-19(6-10-21)20-7-11-22(12-8-20)33(3,30)31/h5-14,17,23-25H,4,15-16H2,1-3H3/t17-,23-,24+,25?/m1/s1. The van der Waals surface area contributed by atoms with Crippen LogP contribution in [0.3, 0.4) is 0 Å². The van der Waals surface area contributed by atoms with Crippen LogP contribution in [-0.2, 0) is 16.3 Å². The van der Waals surface area contributed by atoms with Gasteiger partial charge in [-0.15, -0.1) is 0 Å². The lowest BCUT2D eigenvalue weighted by Crippen LogP contribution is -2.29. The van der Waals surface area contributed by atoms with Gasteiger partial charge in [0.1, 0.15) is 5.75 Å². The molecule has 5 rings (SSSR count). The number of fused-ring (bicyclic) bond motifs is 1. The first-order valence-electron chi connectivity index (χ1n) is 11.5. The molecule has 2 aromatic carbocycles. The Labute approximate surface area is 195 Å². The Morgan fingerprint density at radius 1 is 0.970 bits per heavy atom. The highest BCUT2D eigenvalue weighted by atomic mass is 32.2. The van der Waals surface area contributed by atoms with Gasteiger partial charge in [0.25, 0.3) is 0 Å². The van der Waals surface area contributed by atoms with E-state index in [4.69, 9.17) is 4.74 Å². The van der Waals surface area contributed by atoms with Gasteiger partial charge >= 0.3 is 0 Å². The highest BCUT2D eigenvalue weighted by Gasteiger charge is 2.59. The van der Waals surface area contributed by atoms with Crippen molar-refractivity contribution < 1.29 is 13.2 Å². The van der Waals surface area contributed by atoms with Crippen LogP contribution in [0.4, 0.5) is 5.95 Å². The summed E-state index contributed by atoms with van der Waals surface area (Å²) in [6, 6.07) is 15.0. The molecule has 0 N–H and O–H groups in total. The Hall–Kier alpha value is -2.93. The van der Waals surface area contributed by atoms with E-state index in [1.807, 2.05) is 48.8 Å². The average molecular weight is 464 g/mol. The summed E-state index contributed by atoms with van der Waals surface area (Å²) in [5.41, 5.74) is 3.18. The highest BCUT2D eigenvalue weighted by molar-refractivity contribution is 7.90. The minimum absolute atomic E-state index is 0.158. The lowest BCUT2D eigenvalue weighted by atomic mass is 10.1. The molecule has 2 aliphatic rings. The number of ether oxygens (including phenoxy) is 1. The van der Waals surface area contributed by atoms with Crippen LogP contribution in [-0.4, -0.2) is 43.8 Å². The Kier molecular flexibility index (Phi) is 5.60. The van der Waals surface area contributed by atoms with Crippen LogP contribution < -0.4 is 9.64 Å². The molecule has 2 fully saturated rings. The molecule has 0 spiro atoms. The molecule has 2 heterocycles. The normalized spacial score (nSPS) is 22.6. The van der Waals surface area contributed by atoms with Gasteiger partial charge in [0.15, 0.2) is 9.84 Å². The van der Waals surface area contributed by atoms with Crippen LogP contribution in [0, 0.1) is 17.8 Å². The minimum atomic E-state index is -3.18. The first-order chi connectivity index (χ1) is 15.8. The molecule has 33 heavy (non-hydrogen) atoms. The number of benzene rings is 2. The van der Waals surface area contributed by atoms with Crippen LogP contribution >= 0.6 is 0 Å². The van der Waals surface area contributed by atoms with E-state index in [1.165, 1.54) is 11.8 Å². The highest BCUT2D eigenvalue weighted by Crippen LogP contribution is 2.54. The smallest absolute Gasteiger partial charge is 0.225 e. The predicted molar refractivity (Wildman–Crippen MR) is 129 cm³/mol. The van der Waals surface area contributed by atoms with Gasteiger partial charge in [-0.05, 0) is 66.1 Å². The van der Waals surface area contributed by atoms with E-state index in [0.29, 0.717) is 22.6 Å². The van der Waals surface area contributed by atoms with Gasteiger partial charge < -0.3 is 9.64 Å². The Balaban J connectivity index is 1.17. The predicted octanol–water partition coefficient (Wildman–Crippen LogP) is 4.26. The SMILES string of the molecule is CCc1cnc(N2C[C@@H]3C([C@@H](C)Oc4ccc(-c5ccc(S(C)(=O)=O)cc5)cc4)[C@@H]3C2)nc1. The number of hydrogen-bond donors (Lipinski definition) is 0. The molecule has 1 aliphatic carbocycles. The third-order valence-electron chi connectivity index (χ3n) is 6.98. The number of aromatic nitrogens is 2. The van der Waals surface area contributed by atoms with E-state index in [-0.39, 0.29) is 6.10 Å². The summed E-state index contributed by atoms with van der Waals surface area (Å²) in [5.74, 6) is 3.55. The molecule has 1 aromatic heterocycles. The summed E-state index contributed by atoms with van der Waals surface area (Å²) in [4.78, 5) is 11.7. The van der Waals surface area contributed by atoms with E-state index in [0.717, 1.165) is 42.3 Å². The summed E-state index contributed by atoms with van der Waals surface area (Å²) >= 11 is 0. The Bertz CT molecular complexity index is 1210. The zero-order valence-electron chi connectivity index (χ0n) is 19.2. The molecule has 6 nitrogen and oxygen atoms in total. The molecule has 0 amide bonds. The van der Waals surface area contributed by atoms with Crippen molar-refractivity contribution in [3.8, 4) is 16.9 Å². The topological polar surface area (TPSA) is 72.4 Å². The quantitative estimate of drug-likeness (QED) is 0.521. The van der Waals surface area contributed by atoms with Gasteiger partial charge in [0.05, 0.1) is 11.0 Å². The molecule has 172 valence electrons. The number of piperidine rings is 1. The Morgan fingerprint density at radius 3 is 2.03 bits per heavy atom. The van der Waals surface area contributed by atoms with Crippen molar-refractivity contribution in [2.45, 2.75) is 31.3 Å². The molecule has 0 radical (unpaired) electrons. The summed E-state index contributed by atoms with van der Waals surface area (Å²) < 4.78 is 29.6. The van der Waals surface area contributed by atoms with Gasteiger partial charge in [-0.3, -0.25) is 0 Å². The van der Waals surface area contributed by atoms with Crippen LogP contribution in [0.25, 0.3) is 11.1 Å². The fourth-order valence-corrected chi connectivity index (χ4v) is 5.67. The van der Waals surface area contributed by atoms with E-state index in [1.54, 1.807) is 12.1 Å². The summed E-state index contributed by atoms with van der Waals surface area (Å²) in [5, 5.41) is 0. The summed E-state index contributed by atoms with van der Waals surface area (Å²) in [6.07, 6.45) is 6.20. The average Bonchev–Trinajstić information content (AvgIpc) is 3.33. The number of rotatable bonds is 7. The zero-order valence-corrected chi connectivity index (χ0v) is 20.0. The van der Waals surface area contributed by atoms with Crippen molar-refractivity contribution in [3.05, 3.63) is 66.5 Å². The molecule has 3 aromatic rings. The van der Waals surface area contributed by atoms with E-state index >= 15 is 0 Å². The van der Waals surface area contributed by atoms with Crippen LogP contribution in [0.2, 0.25) is 0 Å². The lowest BCUT2D eigenvalue weighted by molar-refractivity contribution is 0.183. The molecular formula is C26H29N3O3S. The second-order valence-electron chi connectivity index (χ2n) is 9.20. The van der Waals surface area contributed by atoms with E-state index in [9.17, 15) is 8.42 Å². The van der Waals surface area contributed by atoms with Crippen molar-refractivity contribution in [2.75, 3.05) is 24.2 Å². The second-order valence-corrected chi connectivity index (χ2v) is 11.2. The first-order valence-corrected chi connectivity index (χ1v) is 13.4. The van der Waals surface area contributed by atoms with Crippen molar-refractivity contribution in [2.24, 2.45) is 17.8 Å². The van der Waals surface area contributed by atoms with Crippen LogP contribution in [0.15, 0.2) is 65.8 Å². The monoisotopic (exact) mass is 463 g/mol. The van der Waals surface area contributed by atoms with Crippen molar-refractivity contribution in [1.82, 2.24) is 9.97 Å². The fourth-order valence-electron chi connectivity index (χ4n) is 5.04. The van der Waals surface area contributed by atoms with Gasteiger partial charge in [0, 0.05) is 37.7 Å². The molecular weight excluding hydrogens is 434 g/mol. The maximum Gasteiger partial charge on any atom is 0.225 e. The zero-order chi connectivity index (χ0) is 23.2. The van der Waals surface area contributed by atoms with E-state index in [2.05, 4.69) is 28.7 Å². The van der Waals surface area contributed by atoms with Crippen LogP contribution in [0.5, 0.6) is 5.75 Å². The molecule has 0 bridgehead atoms. The molecule has 7 heteroatoms. The largest absolute Gasteiger partial charge is 0.490 e. The van der Waals surface area contributed by atoms with Gasteiger partial charge in [-0.2, -0.15) is 0 Å². The molecule has 1 saturated heterocycles. The number of sulfone groups is 1. The maximum absolute atomic E-state index is 11.6. The minimum Gasteiger partial charge on any atom is -0.490 e. The van der Waals surface area contributed by atoms with Crippen molar-refractivity contribution in [3.63, 3.8) is 0 Å². The third kappa shape index (κ3) is 4.47. The second kappa shape index (κ2) is 8.45. The number of hydrogen-bond acceptors (Lipinski definition) is 6. The third-order valence-corrected chi connectivity index (χ3v) is 8.11. The summed E-state index contributed by atoms with van der Waals surface area (Å²) in [7, 11) is -3.18. The van der Waals surface area contributed by atoms with Gasteiger partial charge in [0.2, 0.25) is 5.95 Å². The van der Waals surface area contributed by atoms with Gasteiger partial charge in [-0.25, -0.2) is 18.4 Å². The number of anilines is 1.